The summed E-state index contributed by atoms with van der Waals surface area (Å²) < 4.78 is 0. The summed E-state index contributed by atoms with van der Waals surface area (Å²) >= 11 is 0. The molecular formula is C18H22N6O. The summed E-state index contributed by atoms with van der Waals surface area (Å²) in [5, 5.41) is 15.7. The van der Waals surface area contributed by atoms with Crippen molar-refractivity contribution in [1.82, 2.24) is 30.3 Å². The topological polar surface area (TPSA) is 87.7 Å². The van der Waals surface area contributed by atoms with Crippen molar-refractivity contribution in [1.29, 1.82) is 0 Å². The maximum atomic E-state index is 12.8. The SMILES string of the molecule is Cc1ccc(C(=O)N2C[C@H](c3nc(C4CC4)n[nH]3)[C@@H](C3CC3)C2)nn1. The highest BCUT2D eigenvalue weighted by Crippen LogP contribution is 2.47. The van der Waals surface area contributed by atoms with Crippen molar-refractivity contribution >= 4 is 5.91 Å². The Morgan fingerprint density at radius 3 is 2.68 bits per heavy atom. The number of carbonyl (C=O) groups is 1. The van der Waals surface area contributed by atoms with E-state index in [0.717, 1.165) is 23.9 Å². The van der Waals surface area contributed by atoms with Gasteiger partial charge in [0.25, 0.3) is 5.91 Å². The van der Waals surface area contributed by atoms with Gasteiger partial charge in [-0.05, 0) is 56.6 Å². The number of aromatic nitrogens is 5. The first-order valence-corrected chi connectivity index (χ1v) is 9.21. The number of likely N-dealkylation sites (tertiary alicyclic amines) is 1. The Morgan fingerprint density at radius 1 is 1.16 bits per heavy atom. The standard InChI is InChI=1S/C18H22N6O/c1-10-2-7-15(21-20-10)18(25)24-8-13(11-3-4-11)14(9-24)17-19-16(22-23-17)12-5-6-12/h2,7,11-14H,3-6,8-9H2,1H3,(H,19,22,23)/t13-,14+/m1/s1. The summed E-state index contributed by atoms with van der Waals surface area (Å²) in [5.74, 6) is 3.88. The van der Waals surface area contributed by atoms with Gasteiger partial charge in [0, 0.05) is 24.9 Å². The number of amides is 1. The molecule has 2 atom stereocenters. The predicted octanol–water partition coefficient (Wildman–Crippen LogP) is 2.05. The summed E-state index contributed by atoms with van der Waals surface area (Å²) in [6.07, 6.45) is 4.92. The molecule has 7 nitrogen and oxygen atoms in total. The van der Waals surface area contributed by atoms with Gasteiger partial charge in [-0.1, -0.05) is 0 Å². The second kappa shape index (κ2) is 5.61. The van der Waals surface area contributed by atoms with Gasteiger partial charge in [-0.3, -0.25) is 9.89 Å². The Morgan fingerprint density at radius 2 is 2.00 bits per heavy atom. The molecule has 1 amide bonds. The highest BCUT2D eigenvalue weighted by atomic mass is 16.2. The van der Waals surface area contributed by atoms with E-state index in [0.29, 0.717) is 30.0 Å². The molecule has 0 spiro atoms. The maximum Gasteiger partial charge on any atom is 0.274 e. The van der Waals surface area contributed by atoms with Crippen molar-refractivity contribution < 1.29 is 4.79 Å². The molecule has 7 heteroatoms. The van der Waals surface area contributed by atoms with Crippen molar-refractivity contribution in [3.63, 3.8) is 0 Å². The fraction of sp³-hybridized carbons (Fsp3) is 0.611. The highest BCUT2D eigenvalue weighted by Gasteiger charge is 2.46. The van der Waals surface area contributed by atoms with Crippen molar-refractivity contribution in [2.24, 2.45) is 11.8 Å². The Labute approximate surface area is 146 Å². The molecule has 3 heterocycles. The molecule has 2 aromatic rings. The zero-order valence-electron chi connectivity index (χ0n) is 14.4. The van der Waals surface area contributed by atoms with Gasteiger partial charge in [-0.2, -0.15) is 10.2 Å². The molecule has 1 aliphatic heterocycles. The van der Waals surface area contributed by atoms with Gasteiger partial charge < -0.3 is 4.90 Å². The Balaban J connectivity index is 1.37. The summed E-state index contributed by atoms with van der Waals surface area (Å²) in [4.78, 5) is 19.5. The van der Waals surface area contributed by atoms with Crippen LogP contribution in [-0.4, -0.2) is 49.3 Å². The third kappa shape index (κ3) is 2.81. The van der Waals surface area contributed by atoms with Gasteiger partial charge in [-0.15, -0.1) is 5.10 Å². The second-order valence-electron chi connectivity index (χ2n) is 7.73. The van der Waals surface area contributed by atoms with Gasteiger partial charge in [0.2, 0.25) is 0 Å². The number of rotatable bonds is 4. The minimum Gasteiger partial charge on any atom is -0.336 e. The molecule has 0 aromatic carbocycles. The second-order valence-corrected chi connectivity index (χ2v) is 7.73. The zero-order valence-corrected chi connectivity index (χ0v) is 14.4. The lowest BCUT2D eigenvalue weighted by Gasteiger charge is -2.15. The van der Waals surface area contributed by atoms with Crippen LogP contribution in [0, 0.1) is 18.8 Å². The number of H-pyrrole nitrogens is 1. The molecule has 0 unspecified atom stereocenters. The summed E-state index contributed by atoms with van der Waals surface area (Å²) in [7, 11) is 0. The van der Waals surface area contributed by atoms with Crippen LogP contribution in [0.25, 0.3) is 0 Å². The van der Waals surface area contributed by atoms with E-state index in [-0.39, 0.29) is 11.8 Å². The smallest absolute Gasteiger partial charge is 0.274 e. The monoisotopic (exact) mass is 338 g/mol. The third-order valence-corrected chi connectivity index (χ3v) is 5.71. The molecule has 3 fully saturated rings. The molecule has 130 valence electrons. The summed E-state index contributed by atoms with van der Waals surface area (Å²) in [6.45, 7) is 3.34. The lowest BCUT2D eigenvalue weighted by Crippen LogP contribution is -2.30. The molecule has 1 saturated heterocycles. The van der Waals surface area contributed by atoms with Crippen LogP contribution in [0.15, 0.2) is 12.1 Å². The van der Waals surface area contributed by atoms with Crippen LogP contribution in [0.3, 0.4) is 0 Å². The van der Waals surface area contributed by atoms with E-state index >= 15 is 0 Å². The summed E-state index contributed by atoms with van der Waals surface area (Å²) in [5.41, 5.74) is 1.25. The van der Waals surface area contributed by atoms with Crippen LogP contribution < -0.4 is 0 Å². The molecule has 3 aliphatic rings. The van der Waals surface area contributed by atoms with Crippen LogP contribution in [-0.2, 0) is 0 Å². The van der Waals surface area contributed by atoms with E-state index in [1.165, 1.54) is 25.7 Å². The van der Waals surface area contributed by atoms with Crippen molar-refractivity contribution in [2.45, 2.75) is 44.4 Å². The number of hydrogen-bond donors (Lipinski definition) is 1. The van der Waals surface area contributed by atoms with Gasteiger partial charge in [-0.25, -0.2) is 4.98 Å². The normalized spacial score (nSPS) is 26.2. The lowest BCUT2D eigenvalue weighted by molar-refractivity contribution is 0.0777. The molecule has 25 heavy (non-hydrogen) atoms. The molecular weight excluding hydrogens is 316 g/mol. The Hall–Kier alpha value is -2.31. The van der Waals surface area contributed by atoms with Crippen LogP contribution in [0.2, 0.25) is 0 Å². The predicted molar refractivity (Wildman–Crippen MR) is 90.0 cm³/mol. The molecule has 0 bridgehead atoms. The first kappa shape index (κ1) is 15.0. The molecule has 2 aromatic heterocycles. The van der Waals surface area contributed by atoms with E-state index in [2.05, 4.69) is 20.4 Å². The highest BCUT2D eigenvalue weighted by molar-refractivity contribution is 5.92. The van der Waals surface area contributed by atoms with Crippen LogP contribution in [0.4, 0.5) is 0 Å². The van der Waals surface area contributed by atoms with Gasteiger partial charge in [0.15, 0.2) is 11.5 Å². The van der Waals surface area contributed by atoms with Crippen LogP contribution in [0.1, 0.15) is 65.4 Å². The van der Waals surface area contributed by atoms with Crippen molar-refractivity contribution in [3.05, 3.63) is 35.2 Å². The van der Waals surface area contributed by atoms with Crippen molar-refractivity contribution in [2.75, 3.05) is 13.1 Å². The van der Waals surface area contributed by atoms with E-state index in [1.54, 1.807) is 6.07 Å². The Kier molecular flexibility index (Phi) is 3.36. The van der Waals surface area contributed by atoms with Crippen molar-refractivity contribution in [3.8, 4) is 0 Å². The number of nitrogens with one attached hydrogen (secondary N) is 1. The summed E-state index contributed by atoms with van der Waals surface area (Å²) in [6, 6.07) is 3.61. The van der Waals surface area contributed by atoms with Gasteiger partial charge in [0.1, 0.15) is 5.82 Å². The average molecular weight is 338 g/mol. The largest absolute Gasteiger partial charge is 0.336 e. The number of aromatic amines is 1. The molecule has 1 N–H and O–H groups in total. The lowest BCUT2D eigenvalue weighted by atomic mass is 9.91. The minimum absolute atomic E-state index is 0.0254. The van der Waals surface area contributed by atoms with Crippen LogP contribution >= 0.6 is 0 Å². The fourth-order valence-electron chi connectivity index (χ4n) is 3.94. The average Bonchev–Trinajstić information content (AvgIpc) is 3.56. The maximum absolute atomic E-state index is 12.8. The first-order valence-electron chi connectivity index (χ1n) is 9.21. The van der Waals surface area contributed by atoms with E-state index in [9.17, 15) is 4.79 Å². The third-order valence-electron chi connectivity index (χ3n) is 5.71. The molecule has 2 aliphatic carbocycles. The van der Waals surface area contributed by atoms with E-state index in [4.69, 9.17) is 4.98 Å². The van der Waals surface area contributed by atoms with Gasteiger partial charge >= 0.3 is 0 Å². The van der Waals surface area contributed by atoms with E-state index in [1.807, 2.05) is 17.9 Å². The number of aryl methyl sites for hydroxylation is 1. The minimum atomic E-state index is -0.0254. The number of hydrogen-bond acceptors (Lipinski definition) is 5. The van der Waals surface area contributed by atoms with Gasteiger partial charge in [0.05, 0.1) is 5.69 Å². The molecule has 2 saturated carbocycles. The van der Waals surface area contributed by atoms with Crippen LogP contribution in [0.5, 0.6) is 0 Å². The molecule has 5 rings (SSSR count). The number of nitrogens with zero attached hydrogens (tertiary/aromatic N) is 5. The quantitative estimate of drug-likeness (QED) is 0.922. The van der Waals surface area contributed by atoms with E-state index < -0.39 is 0 Å². The zero-order chi connectivity index (χ0) is 17.0. The molecule has 0 radical (unpaired) electrons. The Bertz CT molecular complexity index is 792. The fourth-order valence-corrected chi connectivity index (χ4v) is 3.94. The first-order chi connectivity index (χ1) is 12.2. The number of carbonyl (C=O) groups excluding carboxylic acids is 1.